The molecule has 1 unspecified atom stereocenters. The molecule has 196 valence electrons. The van der Waals surface area contributed by atoms with Crippen LogP contribution in [-0.2, 0) is 9.53 Å². The molecule has 1 amide bonds. The molecular formula is C27H34N6O4. The minimum Gasteiger partial charge on any atom is -0.495 e. The van der Waals surface area contributed by atoms with Gasteiger partial charge >= 0.3 is 0 Å². The van der Waals surface area contributed by atoms with E-state index in [1.54, 1.807) is 7.11 Å². The molecule has 2 atom stereocenters. The van der Waals surface area contributed by atoms with Gasteiger partial charge in [-0.25, -0.2) is 9.50 Å². The largest absolute Gasteiger partial charge is 0.495 e. The summed E-state index contributed by atoms with van der Waals surface area (Å²) >= 11 is 0. The lowest BCUT2D eigenvalue weighted by molar-refractivity contribution is -0.119. The van der Waals surface area contributed by atoms with Gasteiger partial charge in [-0.1, -0.05) is 6.07 Å². The fourth-order valence-corrected chi connectivity index (χ4v) is 5.43. The van der Waals surface area contributed by atoms with Gasteiger partial charge in [0.1, 0.15) is 17.4 Å². The molecule has 10 nitrogen and oxygen atoms in total. The molecule has 1 aromatic carbocycles. The van der Waals surface area contributed by atoms with Crippen LogP contribution >= 0.6 is 0 Å². The van der Waals surface area contributed by atoms with E-state index in [-0.39, 0.29) is 17.9 Å². The molecule has 0 aliphatic carbocycles. The maximum Gasteiger partial charge on any atom is 0.241 e. The van der Waals surface area contributed by atoms with Crippen molar-refractivity contribution in [2.75, 3.05) is 57.9 Å². The van der Waals surface area contributed by atoms with E-state index in [4.69, 9.17) is 19.2 Å². The number of carbonyl (C=O) groups is 1. The lowest BCUT2D eigenvalue weighted by Crippen LogP contribution is -2.56. The molecule has 3 aliphatic heterocycles. The van der Waals surface area contributed by atoms with Gasteiger partial charge in [-0.3, -0.25) is 9.69 Å². The highest BCUT2D eigenvalue weighted by molar-refractivity contribution is 5.78. The van der Waals surface area contributed by atoms with Crippen LogP contribution < -0.4 is 19.7 Å². The van der Waals surface area contributed by atoms with Crippen molar-refractivity contribution >= 4 is 17.1 Å². The standard InChI is InChI=1S/C27H34N6O4/c1-17-12-29-33-14-22(30-27(26(17)33)37-18(2)20-11-25(34)28-13-20)19-4-5-23(24(10-19)35-3)32-8-6-31(7-9-32)21-15-36-16-21/h4-5,10,12,14,18,20-21H,6-9,11,13,15-16H2,1-3H3,(H,28,34)/t18-,20?/m1/s1. The Balaban J connectivity index is 1.27. The van der Waals surface area contributed by atoms with E-state index in [1.807, 2.05) is 36.8 Å². The third kappa shape index (κ3) is 4.59. The fourth-order valence-electron chi connectivity index (χ4n) is 5.43. The molecule has 0 radical (unpaired) electrons. The smallest absolute Gasteiger partial charge is 0.241 e. The zero-order valence-corrected chi connectivity index (χ0v) is 21.6. The second-order valence-electron chi connectivity index (χ2n) is 10.2. The first-order valence-electron chi connectivity index (χ1n) is 13.0. The molecule has 1 N–H and O–H groups in total. The number of nitrogens with one attached hydrogen (secondary N) is 1. The topological polar surface area (TPSA) is 93.5 Å². The highest BCUT2D eigenvalue weighted by Gasteiger charge is 2.31. The molecule has 0 saturated carbocycles. The Morgan fingerprint density at radius 2 is 2.00 bits per heavy atom. The van der Waals surface area contributed by atoms with Crippen molar-refractivity contribution < 1.29 is 19.0 Å². The Morgan fingerprint density at radius 3 is 2.68 bits per heavy atom. The SMILES string of the molecule is COc1cc(-c2cn3ncc(C)c3c(O[C@H](C)C3CNC(=O)C3)n2)ccc1N1CCN(C2COC2)CC1. The number of anilines is 1. The molecule has 3 fully saturated rings. The third-order valence-electron chi connectivity index (χ3n) is 7.89. The van der Waals surface area contributed by atoms with Crippen molar-refractivity contribution in [1.29, 1.82) is 0 Å². The first kappa shape index (κ1) is 24.0. The average Bonchev–Trinajstić information content (AvgIpc) is 3.49. The molecular weight excluding hydrogens is 472 g/mol. The Bertz CT molecular complexity index is 1300. The van der Waals surface area contributed by atoms with Crippen molar-refractivity contribution in [1.82, 2.24) is 24.8 Å². The number of fused-ring (bicyclic) bond motifs is 1. The lowest BCUT2D eigenvalue weighted by Gasteiger charge is -2.43. The van der Waals surface area contributed by atoms with Crippen LogP contribution in [0.15, 0.2) is 30.6 Å². The highest BCUT2D eigenvalue weighted by atomic mass is 16.5. The molecule has 37 heavy (non-hydrogen) atoms. The van der Waals surface area contributed by atoms with Crippen LogP contribution in [-0.4, -0.2) is 90.6 Å². The maximum atomic E-state index is 11.7. The summed E-state index contributed by atoms with van der Waals surface area (Å²) in [5.74, 6) is 1.53. The van der Waals surface area contributed by atoms with E-state index in [0.29, 0.717) is 24.9 Å². The van der Waals surface area contributed by atoms with Crippen LogP contribution in [0.25, 0.3) is 16.8 Å². The predicted octanol–water partition coefficient (Wildman–Crippen LogP) is 2.14. The maximum absolute atomic E-state index is 11.7. The van der Waals surface area contributed by atoms with Crippen LogP contribution in [0.2, 0.25) is 0 Å². The number of rotatable bonds is 7. The van der Waals surface area contributed by atoms with Gasteiger partial charge < -0.3 is 24.4 Å². The Hall–Kier alpha value is -3.37. The van der Waals surface area contributed by atoms with Gasteiger partial charge in [0, 0.05) is 56.2 Å². The van der Waals surface area contributed by atoms with Gasteiger partial charge in [-0.2, -0.15) is 5.10 Å². The van der Waals surface area contributed by atoms with Gasteiger partial charge in [0.05, 0.1) is 50.1 Å². The third-order valence-corrected chi connectivity index (χ3v) is 7.89. The van der Waals surface area contributed by atoms with E-state index in [9.17, 15) is 4.79 Å². The summed E-state index contributed by atoms with van der Waals surface area (Å²) in [4.78, 5) is 21.5. The molecule has 6 rings (SSSR count). The fraction of sp³-hybridized carbons (Fsp3) is 0.519. The van der Waals surface area contributed by atoms with Crippen molar-refractivity contribution in [3.63, 3.8) is 0 Å². The number of benzene rings is 1. The molecule has 2 aromatic heterocycles. The highest BCUT2D eigenvalue weighted by Crippen LogP contribution is 2.35. The Labute approximate surface area is 216 Å². The molecule has 10 heteroatoms. The minimum atomic E-state index is -0.165. The van der Waals surface area contributed by atoms with Crippen molar-refractivity contribution in [3.05, 3.63) is 36.2 Å². The zero-order chi connectivity index (χ0) is 25.5. The number of hydrogen-bond donors (Lipinski definition) is 1. The van der Waals surface area contributed by atoms with E-state index < -0.39 is 0 Å². The second-order valence-corrected chi connectivity index (χ2v) is 10.2. The first-order chi connectivity index (χ1) is 18.0. The van der Waals surface area contributed by atoms with Crippen molar-refractivity contribution in [3.8, 4) is 22.9 Å². The van der Waals surface area contributed by atoms with Crippen LogP contribution in [0.5, 0.6) is 11.6 Å². The van der Waals surface area contributed by atoms with E-state index in [1.165, 1.54) is 0 Å². The predicted molar refractivity (Wildman–Crippen MR) is 139 cm³/mol. The van der Waals surface area contributed by atoms with Crippen LogP contribution in [0.1, 0.15) is 18.9 Å². The number of ether oxygens (including phenoxy) is 3. The average molecular weight is 507 g/mol. The van der Waals surface area contributed by atoms with Gasteiger partial charge in [0.2, 0.25) is 11.8 Å². The minimum absolute atomic E-state index is 0.0680. The summed E-state index contributed by atoms with van der Waals surface area (Å²) in [6.45, 7) is 10.3. The van der Waals surface area contributed by atoms with Crippen LogP contribution in [0.3, 0.4) is 0 Å². The van der Waals surface area contributed by atoms with Crippen LogP contribution in [0.4, 0.5) is 5.69 Å². The molecule has 0 spiro atoms. The number of nitrogens with zero attached hydrogens (tertiary/aromatic N) is 5. The number of aromatic nitrogens is 3. The van der Waals surface area contributed by atoms with Crippen LogP contribution in [0, 0.1) is 12.8 Å². The zero-order valence-electron chi connectivity index (χ0n) is 21.6. The quantitative estimate of drug-likeness (QED) is 0.521. The molecule has 3 saturated heterocycles. The molecule has 0 bridgehead atoms. The Morgan fingerprint density at radius 1 is 1.19 bits per heavy atom. The number of aryl methyl sites for hydroxylation is 1. The summed E-state index contributed by atoms with van der Waals surface area (Å²) in [6.07, 6.45) is 4.05. The van der Waals surface area contributed by atoms with E-state index in [2.05, 4.69) is 32.3 Å². The first-order valence-corrected chi connectivity index (χ1v) is 13.0. The van der Waals surface area contributed by atoms with Gasteiger partial charge in [0.15, 0.2) is 0 Å². The number of piperazine rings is 1. The van der Waals surface area contributed by atoms with E-state index >= 15 is 0 Å². The number of carbonyl (C=O) groups excluding carboxylic acids is 1. The van der Waals surface area contributed by atoms with Gasteiger partial charge in [-0.15, -0.1) is 0 Å². The lowest BCUT2D eigenvalue weighted by atomic mass is 10.0. The molecule has 3 aliphatic rings. The van der Waals surface area contributed by atoms with Gasteiger partial charge in [0.25, 0.3) is 0 Å². The van der Waals surface area contributed by atoms with E-state index in [0.717, 1.165) is 73.2 Å². The normalized spacial score (nSPS) is 21.6. The number of amides is 1. The molecule has 5 heterocycles. The monoisotopic (exact) mass is 506 g/mol. The summed E-state index contributed by atoms with van der Waals surface area (Å²) in [5.41, 5.74) is 4.60. The summed E-state index contributed by atoms with van der Waals surface area (Å²) in [7, 11) is 1.71. The Kier molecular flexibility index (Phi) is 6.37. The number of hydrogen-bond acceptors (Lipinski definition) is 8. The summed E-state index contributed by atoms with van der Waals surface area (Å²) in [5, 5.41) is 7.42. The number of methoxy groups -OCH3 is 1. The summed E-state index contributed by atoms with van der Waals surface area (Å²) in [6, 6.07) is 6.82. The van der Waals surface area contributed by atoms with Crippen molar-refractivity contribution in [2.24, 2.45) is 5.92 Å². The van der Waals surface area contributed by atoms with Crippen molar-refractivity contribution in [2.45, 2.75) is 32.4 Å². The summed E-state index contributed by atoms with van der Waals surface area (Å²) < 4.78 is 19.4. The van der Waals surface area contributed by atoms with Gasteiger partial charge in [-0.05, 0) is 26.0 Å². The second kappa shape index (κ2) is 9.83. The molecule has 3 aromatic rings.